The molecule has 0 spiro atoms. The first-order chi connectivity index (χ1) is 9.05. The highest BCUT2D eigenvalue weighted by molar-refractivity contribution is 5.81. The number of hydrogen-bond acceptors (Lipinski definition) is 2. The second-order valence-corrected chi connectivity index (χ2v) is 5.49. The molecule has 0 bridgehead atoms. The Morgan fingerprint density at radius 3 is 2.68 bits per heavy atom. The third kappa shape index (κ3) is 2.95. The molecule has 0 amide bonds. The molecule has 2 rings (SSSR count). The number of hydrogen-bond donors (Lipinski definition) is 0. The number of benzene rings is 1. The van der Waals surface area contributed by atoms with Crippen molar-refractivity contribution in [2.45, 2.75) is 33.2 Å². The number of rotatable bonds is 4. The number of nitrogens with zero attached hydrogens (tertiary/aromatic N) is 3. The van der Waals surface area contributed by atoms with E-state index in [1.807, 2.05) is 38.2 Å². The lowest BCUT2D eigenvalue weighted by Crippen LogP contribution is -2.09. The van der Waals surface area contributed by atoms with Gasteiger partial charge in [-0.2, -0.15) is 10.5 Å². The van der Waals surface area contributed by atoms with E-state index in [-0.39, 0.29) is 5.41 Å². The van der Waals surface area contributed by atoms with Crippen molar-refractivity contribution in [3.8, 4) is 12.1 Å². The largest absolute Gasteiger partial charge is 0.347 e. The second-order valence-electron chi connectivity index (χ2n) is 5.49. The minimum Gasteiger partial charge on any atom is -0.347 e. The van der Waals surface area contributed by atoms with E-state index in [0.717, 1.165) is 30.3 Å². The predicted octanol–water partition coefficient (Wildman–Crippen LogP) is 3.84. The van der Waals surface area contributed by atoms with Crippen LogP contribution < -0.4 is 0 Å². The minimum absolute atomic E-state index is 0.263. The Bertz CT molecular complexity index is 665. The van der Waals surface area contributed by atoms with Crippen LogP contribution >= 0.6 is 0 Å². The second kappa shape index (κ2) is 5.16. The summed E-state index contributed by atoms with van der Waals surface area (Å²) in [5, 5.41) is 19.1. The monoisotopic (exact) mass is 251 g/mol. The number of fused-ring (bicyclic) bond motifs is 1. The molecule has 0 N–H and O–H groups in total. The van der Waals surface area contributed by atoms with E-state index in [4.69, 9.17) is 10.5 Å². The molecule has 1 aromatic carbocycles. The Morgan fingerprint density at radius 1 is 1.21 bits per heavy atom. The van der Waals surface area contributed by atoms with E-state index in [2.05, 4.69) is 22.8 Å². The highest BCUT2D eigenvalue weighted by atomic mass is 14.9. The lowest BCUT2D eigenvalue weighted by molar-refractivity contribution is 0.418. The van der Waals surface area contributed by atoms with Gasteiger partial charge in [0.05, 0.1) is 23.1 Å². The highest BCUT2D eigenvalue weighted by Gasteiger charge is 2.15. The molecule has 0 atom stereocenters. The molecule has 0 aliphatic heterocycles. The number of aromatic nitrogens is 1. The lowest BCUT2D eigenvalue weighted by Gasteiger charge is -2.15. The van der Waals surface area contributed by atoms with Gasteiger partial charge in [-0.15, -0.1) is 0 Å². The molecule has 2 aromatic rings. The molecule has 0 aliphatic rings. The summed E-state index contributed by atoms with van der Waals surface area (Å²) in [6, 6.07) is 12.3. The van der Waals surface area contributed by atoms with Crippen molar-refractivity contribution in [3.05, 3.63) is 36.0 Å². The zero-order valence-electron chi connectivity index (χ0n) is 11.3. The van der Waals surface area contributed by atoms with Crippen LogP contribution in [0.5, 0.6) is 0 Å². The molecule has 0 saturated heterocycles. The summed E-state index contributed by atoms with van der Waals surface area (Å²) in [5.41, 5.74) is 1.51. The molecular formula is C16H17N3. The van der Waals surface area contributed by atoms with Crippen LogP contribution in [0.15, 0.2) is 30.5 Å². The third-order valence-corrected chi connectivity index (χ3v) is 3.41. The van der Waals surface area contributed by atoms with Crippen molar-refractivity contribution in [1.82, 2.24) is 4.57 Å². The van der Waals surface area contributed by atoms with E-state index in [0.29, 0.717) is 5.56 Å². The molecule has 3 nitrogen and oxygen atoms in total. The Morgan fingerprint density at radius 2 is 2.00 bits per heavy atom. The smallest absolute Gasteiger partial charge is 0.0992 e. The van der Waals surface area contributed by atoms with Crippen molar-refractivity contribution in [2.75, 3.05) is 0 Å². The zero-order chi connectivity index (χ0) is 13.9. The molecular weight excluding hydrogens is 234 g/mol. The van der Waals surface area contributed by atoms with Crippen molar-refractivity contribution in [3.63, 3.8) is 0 Å². The Hall–Kier alpha value is -2.26. The van der Waals surface area contributed by atoms with Crippen LogP contribution in [0, 0.1) is 28.1 Å². The fourth-order valence-corrected chi connectivity index (χ4v) is 2.20. The van der Waals surface area contributed by atoms with E-state index in [1.165, 1.54) is 0 Å². The quantitative estimate of drug-likeness (QED) is 0.828. The first-order valence-corrected chi connectivity index (χ1v) is 6.46. The molecule has 3 heteroatoms. The number of aryl methyl sites for hydroxylation is 1. The van der Waals surface area contributed by atoms with Crippen molar-refractivity contribution in [2.24, 2.45) is 5.41 Å². The fourth-order valence-electron chi connectivity index (χ4n) is 2.20. The maximum Gasteiger partial charge on any atom is 0.0992 e. The summed E-state index contributed by atoms with van der Waals surface area (Å²) in [6.07, 6.45) is 3.88. The van der Waals surface area contributed by atoms with Crippen molar-refractivity contribution in [1.29, 1.82) is 10.5 Å². The fraction of sp³-hybridized carbons (Fsp3) is 0.375. The van der Waals surface area contributed by atoms with Crippen LogP contribution in [0.3, 0.4) is 0 Å². The topological polar surface area (TPSA) is 52.5 Å². The van der Waals surface area contributed by atoms with Gasteiger partial charge in [0.15, 0.2) is 0 Å². The van der Waals surface area contributed by atoms with Gasteiger partial charge < -0.3 is 4.57 Å². The van der Waals surface area contributed by atoms with Crippen LogP contribution in [0.25, 0.3) is 10.9 Å². The van der Waals surface area contributed by atoms with E-state index in [9.17, 15) is 0 Å². The maximum absolute atomic E-state index is 9.00. The van der Waals surface area contributed by atoms with Gasteiger partial charge in [-0.25, -0.2) is 0 Å². The molecule has 1 heterocycles. The number of nitriles is 2. The van der Waals surface area contributed by atoms with Crippen LogP contribution in [0.4, 0.5) is 0 Å². The van der Waals surface area contributed by atoms with Gasteiger partial charge >= 0.3 is 0 Å². The average Bonchev–Trinajstić information content (AvgIpc) is 2.81. The zero-order valence-corrected chi connectivity index (χ0v) is 11.3. The van der Waals surface area contributed by atoms with Crippen molar-refractivity contribution < 1.29 is 0 Å². The summed E-state index contributed by atoms with van der Waals surface area (Å²) in [7, 11) is 0. The predicted molar refractivity (Wildman–Crippen MR) is 75.3 cm³/mol. The van der Waals surface area contributed by atoms with E-state index >= 15 is 0 Å². The maximum atomic E-state index is 9.00. The SMILES string of the molecule is CC(C)(C#N)CCCn1ccc2ccc(C#N)cc21. The van der Waals surface area contributed by atoms with Crippen molar-refractivity contribution >= 4 is 10.9 Å². The van der Waals surface area contributed by atoms with Crippen LogP contribution in [0.2, 0.25) is 0 Å². The van der Waals surface area contributed by atoms with Gasteiger partial charge in [-0.3, -0.25) is 0 Å². The summed E-state index contributed by atoms with van der Waals surface area (Å²) >= 11 is 0. The molecule has 96 valence electrons. The van der Waals surface area contributed by atoms with Gasteiger partial charge in [-0.1, -0.05) is 6.07 Å². The summed E-state index contributed by atoms with van der Waals surface area (Å²) in [6.45, 7) is 4.81. The van der Waals surface area contributed by atoms with Gasteiger partial charge in [0.2, 0.25) is 0 Å². The summed E-state index contributed by atoms with van der Waals surface area (Å²) < 4.78 is 2.16. The van der Waals surface area contributed by atoms with Gasteiger partial charge in [0, 0.05) is 18.3 Å². The summed E-state index contributed by atoms with van der Waals surface area (Å²) in [4.78, 5) is 0. The standard InChI is InChI=1S/C16H17N3/c1-16(2,12-18)7-3-8-19-9-6-14-5-4-13(11-17)10-15(14)19/h4-6,9-10H,3,7-8H2,1-2H3. The van der Waals surface area contributed by atoms with Crippen LogP contribution in [-0.2, 0) is 6.54 Å². The normalized spacial score (nSPS) is 11.2. The van der Waals surface area contributed by atoms with Crippen LogP contribution in [0.1, 0.15) is 32.3 Å². The molecule has 1 aromatic heterocycles. The molecule has 0 fully saturated rings. The van der Waals surface area contributed by atoms with Crippen LogP contribution in [-0.4, -0.2) is 4.57 Å². The molecule has 0 radical (unpaired) electrons. The molecule has 19 heavy (non-hydrogen) atoms. The Kier molecular flexibility index (Phi) is 3.58. The van der Waals surface area contributed by atoms with Gasteiger partial charge in [0.1, 0.15) is 0 Å². The van der Waals surface area contributed by atoms with Gasteiger partial charge in [-0.05, 0) is 50.3 Å². The van der Waals surface area contributed by atoms with Gasteiger partial charge in [0.25, 0.3) is 0 Å². The lowest BCUT2D eigenvalue weighted by atomic mass is 9.90. The highest BCUT2D eigenvalue weighted by Crippen LogP contribution is 2.23. The first kappa shape index (κ1) is 13.2. The summed E-state index contributed by atoms with van der Waals surface area (Å²) in [5.74, 6) is 0. The van der Waals surface area contributed by atoms with E-state index < -0.39 is 0 Å². The minimum atomic E-state index is -0.263. The third-order valence-electron chi connectivity index (χ3n) is 3.41. The molecule has 0 unspecified atom stereocenters. The van der Waals surface area contributed by atoms with E-state index in [1.54, 1.807) is 0 Å². The molecule has 0 saturated carbocycles. The Labute approximate surface area is 113 Å². The molecule has 0 aliphatic carbocycles. The Balaban J connectivity index is 2.14. The average molecular weight is 251 g/mol. The first-order valence-electron chi connectivity index (χ1n) is 6.46.